The van der Waals surface area contributed by atoms with Crippen molar-refractivity contribution in [3.63, 3.8) is 0 Å². The molecular weight excluding hydrogens is 349 g/mol. The number of nitrogens with zero attached hydrogens (tertiary/aromatic N) is 3. The molecule has 2 N–H and O–H groups in total. The summed E-state index contributed by atoms with van der Waals surface area (Å²) in [5.74, 6) is 0.0807. The molecule has 24 heavy (non-hydrogen) atoms. The number of halogens is 2. The highest BCUT2D eigenvalue weighted by molar-refractivity contribution is 7.80. The van der Waals surface area contributed by atoms with E-state index in [4.69, 9.17) is 23.8 Å². The summed E-state index contributed by atoms with van der Waals surface area (Å²) in [6.07, 6.45) is 1.55. The maximum atomic E-state index is 13.2. The summed E-state index contributed by atoms with van der Waals surface area (Å²) < 4.78 is 14.8. The number of benzene rings is 2. The van der Waals surface area contributed by atoms with Gasteiger partial charge in [0, 0.05) is 10.7 Å². The van der Waals surface area contributed by atoms with Crippen LogP contribution in [0.25, 0.3) is 0 Å². The molecule has 0 aliphatic rings. The average molecular weight is 362 g/mol. The van der Waals surface area contributed by atoms with E-state index in [1.54, 1.807) is 29.2 Å². The molecule has 5 nitrogen and oxygen atoms in total. The molecule has 0 aliphatic heterocycles. The van der Waals surface area contributed by atoms with Crippen LogP contribution in [0, 0.1) is 5.82 Å². The maximum absolute atomic E-state index is 13.2. The summed E-state index contributed by atoms with van der Waals surface area (Å²) >= 11 is 11.0. The molecule has 0 fully saturated rings. The fraction of sp³-hybridized carbons (Fsp3) is 0.0625. The van der Waals surface area contributed by atoms with Crippen molar-refractivity contribution in [1.29, 1.82) is 0 Å². The number of thiocarbonyl (C=S) groups is 1. The molecule has 0 atom stereocenters. The van der Waals surface area contributed by atoms with Crippen molar-refractivity contribution >= 4 is 40.6 Å². The average Bonchev–Trinajstić information content (AvgIpc) is 2.96. The minimum absolute atomic E-state index is 0.278. The molecule has 1 aromatic heterocycles. The zero-order chi connectivity index (χ0) is 16.9. The summed E-state index contributed by atoms with van der Waals surface area (Å²) in [6, 6.07) is 13.5. The van der Waals surface area contributed by atoms with Crippen molar-refractivity contribution < 1.29 is 4.39 Å². The van der Waals surface area contributed by atoms with Crippen molar-refractivity contribution in [2.75, 3.05) is 10.6 Å². The van der Waals surface area contributed by atoms with Crippen LogP contribution in [0.4, 0.5) is 16.0 Å². The lowest BCUT2D eigenvalue weighted by Gasteiger charge is -2.07. The molecule has 3 rings (SSSR count). The fourth-order valence-electron chi connectivity index (χ4n) is 2.05. The highest BCUT2D eigenvalue weighted by Crippen LogP contribution is 2.13. The lowest BCUT2D eigenvalue weighted by Crippen LogP contribution is -2.20. The Kier molecular flexibility index (Phi) is 5.02. The van der Waals surface area contributed by atoms with Gasteiger partial charge in [-0.2, -0.15) is 0 Å². The van der Waals surface area contributed by atoms with Gasteiger partial charge in [-0.3, -0.25) is 5.32 Å². The van der Waals surface area contributed by atoms with Crippen LogP contribution in [0.1, 0.15) is 5.56 Å². The molecule has 8 heteroatoms. The molecule has 0 saturated carbocycles. The summed E-state index contributed by atoms with van der Waals surface area (Å²) in [5.41, 5.74) is 1.60. The monoisotopic (exact) mass is 361 g/mol. The van der Waals surface area contributed by atoms with Gasteiger partial charge in [0.15, 0.2) is 5.11 Å². The SMILES string of the molecule is Fc1cccc(Cn2cnc(NC(=S)Nc3ccc(Cl)cc3)n2)c1. The highest BCUT2D eigenvalue weighted by atomic mass is 35.5. The number of anilines is 2. The van der Waals surface area contributed by atoms with Crippen LogP contribution in [0.15, 0.2) is 54.9 Å². The summed E-state index contributed by atoms with van der Waals surface area (Å²) in [4.78, 5) is 4.13. The van der Waals surface area contributed by atoms with Crippen LogP contribution in [-0.4, -0.2) is 19.9 Å². The minimum atomic E-state index is -0.278. The lowest BCUT2D eigenvalue weighted by atomic mass is 10.2. The van der Waals surface area contributed by atoms with Gasteiger partial charge in [-0.25, -0.2) is 14.1 Å². The molecule has 0 radical (unpaired) electrons. The van der Waals surface area contributed by atoms with Crippen molar-refractivity contribution in [3.05, 3.63) is 71.3 Å². The van der Waals surface area contributed by atoms with E-state index in [0.717, 1.165) is 11.3 Å². The molecule has 0 saturated heterocycles. The first-order valence-electron chi connectivity index (χ1n) is 7.06. The first-order valence-corrected chi connectivity index (χ1v) is 7.84. The molecule has 3 aromatic rings. The first-order chi connectivity index (χ1) is 11.6. The Morgan fingerprint density at radius 2 is 1.96 bits per heavy atom. The van der Waals surface area contributed by atoms with Gasteiger partial charge in [0.05, 0.1) is 6.54 Å². The van der Waals surface area contributed by atoms with Gasteiger partial charge in [0.2, 0.25) is 5.95 Å². The topological polar surface area (TPSA) is 54.8 Å². The second-order valence-electron chi connectivity index (χ2n) is 4.98. The second kappa shape index (κ2) is 7.37. The largest absolute Gasteiger partial charge is 0.332 e. The van der Waals surface area contributed by atoms with Crippen molar-refractivity contribution in [2.45, 2.75) is 6.54 Å². The molecule has 0 unspecified atom stereocenters. The zero-order valence-electron chi connectivity index (χ0n) is 12.4. The molecule has 2 aromatic carbocycles. The van der Waals surface area contributed by atoms with Gasteiger partial charge in [-0.15, -0.1) is 5.10 Å². The van der Waals surface area contributed by atoms with Crippen LogP contribution in [0.5, 0.6) is 0 Å². The van der Waals surface area contributed by atoms with Gasteiger partial charge < -0.3 is 5.32 Å². The van der Waals surface area contributed by atoms with E-state index in [0.29, 0.717) is 22.6 Å². The fourth-order valence-corrected chi connectivity index (χ4v) is 2.38. The van der Waals surface area contributed by atoms with E-state index >= 15 is 0 Å². The Labute approximate surface area is 148 Å². The standard InChI is InChI=1S/C16H13ClFN5S/c17-12-4-6-14(7-5-12)20-16(24)21-15-19-10-23(22-15)9-11-2-1-3-13(18)8-11/h1-8,10H,9H2,(H2,20,21,22,24). The van der Waals surface area contributed by atoms with Crippen LogP contribution in [0.2, 0.25) is 5.02 Å². The molecule has 0 bridgehead atoms. The van der Waals surface area contributed by atoms with E-state index in [1.165, 1.54) is 12.1 Å². The number of rotatable bonds is 4. The van der Waals surface area contributed by atoms with Crippen molar-refractivity contribution in [1.82, 2.24) is 14.8 Å². The van der Waals surface area contributed by atoms with E-state index in [-0.39, 0.29) is 5.82 Å². The number of hydrogen-bond acceptors (Lipinski definition) is 3. The predicted octanol–water partition coefficient (Wildman–Crippen LogP) is 3.93. The van der Waals surface area contributed by atoms with E-state index in [9.17, 15) is 4.39 Å². The molecule has 0 aliphatic carbocycles. The van der Waals surface area contributed by atoms with Crippen molar-refractivity contribution in [2.24, 2.45) is 0 Å². The summed E-state index contributed by atoms with van der Waals surface area (Å²) in [5, 5.41) is 11.2. The molecule has 0 amide bonds. The lowest BCUT2D eigenvalue weighted by molar-refractivity contribution is 0.619. The Bertz CT molecular complexity index is 850. The quantitative estimate of drug-likeness (QED) is 0.690. The summed E-state index contributed by atoms with van der Waals surface area (Å²) in [6.45, 7) is 0.420. The number of hydrogen-bond donors (Lipinski definition) is 2. The zero-order valence-corrected chi connectivity index (χ0v) is 14.0. The third kappa shape index (κ3) is 4.50. The Morgan fingerprint density at radius 3 is 2.71 bits per heavy atom. The first kappa shape index (κ1) is 16.4. The molecule has 1 heterocycles. The van der Waals surface area contributed by atoms with Gasteiger partial charge in [-0.1, -0.05) is 23.7 Å². The number of aromatic nitrogens is 3. The van der Waals surface area contributed by atoms with E-state index in [1.807, 2.05) is 18.2 Å². The summed E-state index contributed by atoms with van der Waals surface area (Å²) in [7, 11) is 0. The van der Waals surface area contributed by atoms with Crippen LogP contribution < -0.4 is 10.6 Å². The highest BCUT2D eigenvalue weighted by Gasteiger charge is 2.05. The Balaban J connectivity index is 1.59. The predicted molar refractivity (Wildman–Crippen MR) is 96.8 cm³/mol. The Morgan fingerprint density at radius 1 is 1.17 bits per heavy atom. The second-order valence-corrected chi connectivity index (χ2v) is 5.83. The normalized spacial score (nSPS) is 10.4. The molecular formula is C16H13ClFN5S. The number of nitrogens with one attached hydrogen (secondary N) is 2. The smallest absolute Gasteiger partial charge is 0.248 e. The van der Waals surface area contributed by atoms with Gasteiger partial charge in [0.1, 0.15) is 12.1 Å². The van der Waals surface area contributed by atoms with Crippen LogP contribution in [-0.2, 0) is 6.54 Å². The van der Waals surface area contributed by atoms with Crippen LogP contribution in [0.3, 0.4) is 0 Å². The van der Waals surface area contributed by atoms with Crippen LogP contribution >= 0.6 is 23.8 Å². The van der Waals surface area contributed by atoms with Gasteiger partial charge in [0.25, 0.3) is 0 Å². The van der Waals surface area contributed by atoms with Gasteiger partial charge >= 0.3 is 0 Å². The van der Waals surface area contributed by atoms with Gasteiger partial charge in [-0.05, 0) is 54.2 Å². The van der Waals surface area contributed by atoms with Crippen molar-refractivity contribution in [3.8, 4) is 0 Å². The minimum Gasteiger partial charge on any atom is -0.332 e. The third-order valence-electron chi connectivity index (χ3n) is 3.10. The Hall–Kier alpha value is -2.51. The molecule has 0 spiro atoms. The van der Waals surface area contributed by atoms with E-state index in [2.05, 4.69) is 20.7 Å². The third-order valence-corrected chi connectivity index (χ3v) is 3.55. The van der Waals surface area contributed by atoms with E-state index < -0.39 is 0 Å². The molecule has 122 valence electrons. The maximum Gasteiger partial charge on any atom is 0.248 e.